The lowest BCUT2D eigenvalue weighted by Gasteiger charge is -2.20. The van der Waals surface area contributed by atoms with Crippen LogP contribution in [0.1, 0.15) is 11.4 Å². The van der Waals surface area contributed by atoms with Crippen LogP contribution < -0.4 is 14.4 Å². The van der Waals surface area contributed by atoms with E-state index in [0.717, 1.165) is 16.1 Å². The van der Waals surface area contributed by atoms with Gasteiger partial charge in [0.2, 0.25) is 0 Å². The van der Waals surface area contributed by atoms with Crippen LogP contribution in [0.5, 0.6) is 5.75 Å². The molecule has 0 aliphatic rings. The van der Waals surface area contributed by atoms with Gasteiger partial charge in [-0.25, -0.2) is 12.8 Å². The van der Waals surface area contributed by atoms with Gasteiger partial charge in [-0.2, -0.15) is 5.10 Å². The van der Waals surface area contributed by atoms with Crippen molar-refractivity contribution < 1.29 is 22.3 Å². The van der Waals surface area contributed by atoms with Crippen molar-refractivity contribution in [1.82, 2.24) is 10.2 Å². The van der Waals surface area contributed by atoms with E-state index in [0.29, 0.717) is 22.8 Å². The number of anilines is 2. The molecule has 0 radical (unpaired) electrons. The van der Waals surface area contributed by atoms with E-state index < -0.39 is 20.7 Å². The van der Waals surface area contributed by atoms with Gasteiger partial charge in [-0.1, -0.05) is 12.1 Å². The SMILES string of the molecule is Cc1n[nH]c(C)c1NC(=O)COc1ccc(N(C)S(=O)(=O)c2ccccc2F)cc1. The lowest BCUT2D eigenvalue weighted by atomic mass is 10.3. The van der Waals surface area contributed by atoms with Crippen molar-refractivity contribution in [1.29, 1.82) is 0 Å². The van der Waals surface area contributed by atoms with Gasteiger partial charge in [0.15, 0.2) is 6.61 Å². The Morgan fingerprint density at radius 2 is 1.83 bits per heavy atom. The second kappa shape index (κ2) is 8.54. The Labute approximate surface area is 173 Å². The highest BCUT2D eigenvalue weighted by molar-refractivity contribution is 7.92. The molecule has 0 atom stereocenters. The fourth-order valence-corrected chi connectivity index (χ4v) is 4.01. The number of hydrogen-bond donors (Lipinski definition) is 2. The van der Waals surface area contributed by atoms with E-state index >= 15 is 0 Å². The molecule has 0 bridgehead atoms. The normalized spacial score (nSPS) is 11.2. The molecule has 3 aromatic rings. The van der Waals surface area contributed by atoms with E-state index in [1.807, 2.05) is 0 Å². The summed E-state index contributed by atoms with van der Waals surface area (Å²) in [4.78, 5) is 11.7. The third kappa shape index (κ3) is 4.43. The Kier molecular flexibility index (Phi) is 6.06. The predicted molar refractivity (Wildman–Crippen MR) is 111 cm³/mol. The number of aryl methyl sites for hydroxylation is 2. The standard InChI is InChI=1S/C20H21FN4O4S/c1-13-20(14(2)24-23-13)22-19(26)12-29-16-10-8-15(9-11-16)25(3)30(27,28)18-7-5-4-6-17(18)21/h4-11H,12H2,1-3H3,(H,22,26)(H,23,24). The smallest absolute Gasteiger partial charge is 0.266 e. The quantitative estimate of drug-likeness (QED) is 0.597. The number of amides is 1. The van der Waals surface area contributed by atoms with Crippen molar-refractivity contribution in [3.63, 3.8) is 0 Å². The molecule has 158 valence electrons. The molecule has 1 aromatic heterocycles. The molecule has 1 amide bonds. The van der Waals surface area contributed by atoms with E-state index in [2.05, 4.69) is 15.5 Å². The highest BCUT2D eigenvalue weighted by Crippen LogP contribution is 2.25. The van der Waals surface area contributed by atoms with Crippen LogP contribution in [0.2, 0.25) is 0 Å². The average Bonchev–Trinajstić information content (AvgIpc) is 3.04. The summed E-state index contributed by atoms with van der Waals surface area (Å²) in [6.45, 7) is 3.33. The highest BCUT2D eigenvalue weighted by atomic mass is 32.2. The lowest BCUT2D eigenvalue weighted by molar-refractivity contribution is -0.118. The van der Waals surface area contributed by atoms with Gasteiger partial charge in [0.1, 0.15) is 16.5 Å². The third-order valence-corrected chi connectivity index (χ3v) is 6.26. The zero-order valence-electron chi connectivity index (χ0n) is 16.6. The Morgan fingerprint density at radius 3 is 2.43 bits per heavy atom. The summed E-state index contributed by atoms with van der Waals surface area (Å²) >= 11 is 0. The minimum Gasteiger partial charge on any atom is -0.484 e. The van der Waals surface area contributed by atoms with E-state index in [1.165, 1.54) is 49.5 Å². The van der Waals surface area contributed by atoms with Crippen molar-refractivity contribution in [3.8, 4) is 5.75 Å². The largest absolute Gasteiger partial charge is 0.484 e. The summed E-state index contributed by atoms with van der Waals surface area (Å²) in [5.74, 6) is -0.796. The van der Waals surface area contributed by atoms with Crippen molar-refractivity contribution in [2.45, 2.75) is 18.7 Å². The number of H-pyrrole nitrogens is 1. The summed E-state index contributed by atoms with van der Waals surface area (Å²) in [7, 11) is -2.72. The highest BCUT2D eigenvalue weighted by Gasteiger charge is 2.24. The van der Waals surface area contributed by atoms with Gasteiger partial charge in [0.05, 0.1) is 22.8 Å². The van der Waals surface area contributed by atoms with E-state index in [9.17, 15) is 17.6 Å². The van der Waals surface area contributed by atoms with Gasteiger partial charge in [0.25, 0.3) is 15.9 Å². The number of benzene rings is 2. The molecule has 1 heterocycles. The Balaban J connectivity index is 1.65. The average molecular weight is 432 g/mol. The van der Waals surface area contributed by atoms with Crippen LogP contribution in [0.15, 0.2) is 53.4 Å². The maximum atomic E-state index is 13.9. The first-order valence-electron chi connectivity index (χ1n) is 8.98. The summed E-state index contributed by atoms with van der Waals surface area (Å²) in [5.41, 5.74) is 2.34. The van der Waals surface area contributed by atoms with Crippen LogP contribution in [-0.2, 0) is 14.8 Å². The summed E-state index contributed by atoms with van der Waals surface area (Å²) in [5, 5.41) is 9.50. The zero-order chi connectivity index (χ0) is 21.9. The number of aromatic nitrogens is 2. The molecule has 2 aromatic carbocycles. The van der Waals surface area contributed by atoms with E-state index in [1.54, 1.807) is 13.8 Å². The van der Waals surface area contributed by atoms with Crippen LogP contribution in [0.25, 0.3) is 0 Å². The molecule has 2 N–H and O–H groups in total. The number of sulfonamides is 1. The number of nitrogens with zero attached hydrogens (tertiary/aromatic N) is 2. The van der Waals surface area contributed by atoms with Crippen LogP contribution in [-0.4, -0.2) is 38.2 Å². The van der Waals surface area contributed by atoms with Crippen LogP contribution in [0, 0.1) is 19.7 Å². The summed E-state index contributed by atoms with van der Waals surface area (Å²) in [6, 6.07) is 11.3. The monoisotopic (exact) mass is 432 g/mol. The van der Waals surface area contributed by atoms with Crippen molar-refractivity contribution in [3.05, 3.63) is 65.7 Å². The molecule has 0 aliphatic heterocycles. The summed E-state index contributed by atoms with van der Waals surface area (Å²) in [6.07, 6.45) is 0. The molecule has 0 saturated carbocycles. The molecule has 0 saturated heterocycles. The minimum atomic E-state index is -4.05. The predicted octanol–water partition coefficient (Wildman–Crippen LogP) is 3.01. The molecular formula is C20H21FN4O4S. The van der Waals surface area contributed by atoms with Crippen molar-refractivity contribution in [2.24, 2.45) is 0 Å². The number of halogens is 1. The molecule has 0 unspecified atom stereocenters. The molecule has 10 heteroatoms. The number of rotatable bonds is 7. The molecule has 0 aliphatic carbocycles. The lowest BCUT2D eigenvalue weighted by Crippen LogP contribution is -2.27. The number of carbonyl (C=O) groups excluding carboxylic acids is 1. The molecule has 0 spiro atoms. The molecule has 8 nitrogen and oxygen atoms in total. The number of hydrogen-bond acceptors (Lipinski definition) is 5. The van der Waals surface area contributed by atoms with Gasteiger partial charge < -0.3 is 10.1 Å². The number of carbonyl (C=O) groups is 1. The van der Waals surface area contributed by atoms with Gasteiger partial charge in [-0.3, -0.25) is 14.2 Å². The molecule has 30 heavy (non-hydrogen) atoms. The molecule has 0 fully saturated rings. The zero-order valence-corrected chi connectivity index (χ0v) is 17.5. The first kappa shape index (κ1) is 21.3. The fourth-order valence-electron chi connectivity index (χ4n) is 2.75. The fraction of sp³-hybridized carbons (Fsp3) is 0.200. The molecular weight excluding hydrogens is 411 g/mol. The second-order valence-electron chi connectivity index (χ2n) is 6.54. The van der Waals surface area contributed by atoms with Crippen molar-refractivity contribution in [2.75, 3.05) is 23.3 Å². The van der Waals surface area contributed by atoms with E-state index in [4.69, 9.17) is 4.74 Å². The third-order valence-electron chi connectivity index (χ3n) is 4.44. The number of aromatic amines is 1. The topological polar surface area (TPSA) is 104 Å². The van der Waals surface area contributed by atoms with Gasteiger partial charge >= 0.3 is 0 Å². The Morgan fingerprint density at radius 1 is 1.17 bits per heavy atom. The molecule has 3 rings (SSSR count). The number of nitrogens with one attached hydrogen (secondary N) is 2. The van der Waals surface area contributed by atoms with E-state index in [-0.39, 0.29) is 12.5 Å². The minimum absolute atomic E-state index is 0.229. The van der Waals surface area contributed by atoms with Gasteiger partial charge in [-0.15, -0.1) is 0 Å². The first-order valence-corrected chi connectivity index (χ1v) is 10.4. The van der Waals surface area contributed by atoms with Crippen molar-refractivity contribution >= 4 is 27.3 Å². The van der Waals surface area contributed by atoms with Crippen LogP contribution in [0.4, 0.5) is 15.8 Å². The maximum absolute atomic E-state index is 13.9. The maximum Gasteiger partial charge on any atom is 0.266 e. The Bertz CT molecular complexity index is 1140. The number of ether oxygens (including phenoxy) is 1. The Hall–Kier alpha value is -3.40. The second-order valence-corrected chi connectivity index (χ2v) is 8.48. The van der Waals surface area contributed by atoms with Gasteiger partial charge in [0, 0.05) is 7.05 Å². The summed E-state index contributed by atoms with van der Waals surface area (Å²) < 4.78 is 45.7. The first-order chi connectivity index (χ1) is 14.2. The van der Waals surface area contributed by atoms with Crippen LogP contribution >= 0.6 is 0 Å². The van der Waals surface area contributed by atoms with Gasteiger partial charge in [-0.05, 0) is 50.2 Å². The van der Waals surface area contributed by atoms with Crippen LogP contribution in [0.3, 0.4) is 0 Å².